The maximum atomic E-state index is 13.6. The third-order valence-corrected chi connectivity index (χ3v) is 4.84. The van der Waals surface area contributed by atoms with Gasteiger partial charge in [0.25, 0.3) is 0 Å². The Morgan fingerprint density at radius 2 is 2.00 bits per heavy atom. The van der Waals surface area contributed by atoms with Gasteiger partial charge in [0, 0.05) is 4.90 Å². The lowest BCUT2D eigenvalue weighted by molar-refractivity contribution is 0.602. The number of nitrogens with zero attached hydrogens (tertiary/aromatic N) is 2. The quantitative estimate of drug-likeness (QED) is 0.614. The predicted octanol–water partition coefficient (Wildman–Crippen LogP) is 4.22. The number of anilines is 1. The Balaban J connectivity index is 2.20. The van der Waals surface area contributed by atoms with Gasteiger partial charge >= 0.3 is 0 Å². The summed E-state index contributed by atoms with van der Waals surface area (Å²) in [6.45, 7) is 4.13. The van der Waals surface area contributed by atoms with Gasteiger partial charge in [-0.1, -0.05) is 26.0 Å². The molecule has 1 heterocycles. The summed E-state index contributed by atoms with van der Waals surface area (Å²) < 4.78 is 14.5. The molecule has 0 aliphatic rings. The number of benzene rings is 1. The minimum atomic E-state index is -0.222. The van der Waals surface area contributed by atoms with E-state index >= 15 is 0 Å². The fourth-order valence-corrected chi connectivity index (χ4v) is 3.34. The van der Waals surface area contributed by atoms with Crippen molar-refractivity contribution in [1.82, 2.24) is 9.97 Å². The van der Waals surface area contributed by atoms with Gasteiger partial charge in [-0.05, 0) is 40.6 Å². The van der Waals surface area contributed by atoms with Crippen molar-refractivity contribution in [1.29, 1.82) is 0 Å². The molecule has 0 fully saturated rings. The summed E-state index contributed by atoms with van der Waals surface area (Å²) in [5.74, 6) is 1.69. The van der Waals surface area contributed by atoms with E-state index in [4.69, 9.17) is 5.73 Å². The number of thioether (sulfide) groups is 1. The van der Waals surface area contributed by atoms with E-state index in [1.54, 1.807) is 12.1 Å². The van der Waals surface area contributed by atoms with Crippen LogP contribution in [0.3, 0.4) is 0 Å². The Labute approximate surface area is 135 Å². The third kappa shape index (κ3) is 3.60. The van der Waals surface area contributed by atoms with Gasteiger partial charge in [0.1, 0.15) is 17.5 Å². The van der Waals surface area contributed by atoms with Crippen LogP contribution in [0.1, 0.15) is 31.3 Å². The second-order valence-electron chi connectivity index (χ2n) is 4.60. The second kappa shape index (κ2) is 6.71. The average molecular weight is 403 g/mol. The van der Waals surface area contributed by atoms with Crippen molar-refractivity contribution >= 4 is 40.2 Å². The number of nitrogens with two attached hydrogens (primary N) is 1. The Morgan fingerprint density at radius 1 is 1.30 bits per heavy atom. The summed E-state index contributed by atoms with van der Waals surface area (Å²) in [7, 11) is 0. The largest absolute Gasteiger partial charge is 0.383 e. The first-order valence-corrected chi connectivity index (χ1v) is 8.24. The molecule has 1 aromatic carbocycles. The van der Waals surface area contributed by atoms with Crippen LogP contribution in [0, 0.1) is 9.39 Å². The van der Waals surface area contributed by atoms with Crippen molar-refractivity contribution in [3.63, 3.8) is 0 Å². The monoisotopic (exact) mass is 403 g/mol. The van der Waals surface area contributed by atoms with Crippen molar-refractivity contribution in [3.05, 3.63) is 45.2 Å². The van der Waals surface area contributed by atoms with Crippen molar-refractivity contribution in [3.8, 4) is 0 Å². The highest BCUT2D eigenvalue weighted by Gasteiger charge is 2.13. The Morgan fingerprint density at radius 3 is 2.65 bits per heavy atom. The summed E-state index contributed by atoms with van der Waals surface area (Å²) in [4.78, 5) is 9.41. The minimum absolute atomic E-state index is 0.222. The zero-order valence-corrected chi connectivity index (χ0v) is 14.2. The zero-order valence-electron chi connectivity index (χ0n) is 11.2. The van der Waals surface area contributed by atoms with Crippen LogP contribution in [0.25, 0.3) is 0 Å². The molecule has 0 unspecified atom stereocenters. The van der Waals surface area contributed by atoms with E-state index in [9.17, 15) is 4.39 Å². The summed E-state index contributed by atoms with van der Waals surface area (Å²) in [6, 6.07) is 6.69. The van der Waals surface area contributed by atoms with E-state index in [0.29, 0.717) is 22.3 Å². The van der Waals surface area contributed by atoms with E-state index in [1.807, 2.05) is 6.07 Å². The third-order valence-electron chi connectivity index (χ3n) is 2.69. The van der Waals surface area contributed by atoms with Gasteiger partial charge in [-0.2, -0.15) is 0 Å². The van der Waals surface area contributed by atoms with Gasteiger partial charge in [-0.25, -0.2) is 14.4 Å². The van der Waals surface area contributed by atoms with Crippen LogP contribution in [0.5, 0.6) is 0 Å². The number of hydrogen-bond acceptors (Lipinski definition) is 4. The maximum absolute atomic E-state index is 13.6. The van der Waals surface area contributed by atoms with Crippen LogP contribution in [-0.4, -0.2) is 9.97 Å². The zero-order chi connectivity index (χ0) is 14.7. The van der Waals surface area contributed by atoms with Gasteiger partial charge in [-0.15, -0.1) is 11.8 Å². The highest BCUT2D eigenvalue weighted by Crippen LogP contribution is 2.27. The first kappa shape index (κ1) is 15.5. The topological polar surface area (TPSA) is 51.8 Å². The maximum Gasteiger partial charge on any atom is 0.141 e. The fraction of sp³-hybridized carbons (Fsp3) is 0.286. The highest BCUT2D eigenvalue weighted by molar-refractivity contribution is 14.1. The summed E-state index contributed by atoms with van der Waals surface area (Å²) in [5.41, 5.74) is 6.86. The van der Waals surface area contributed by atoms with E-state index in [2.05, 4.69) is 46.4 Å². The van der Waals surface area contributed by atoms with Crippen LogP contribution < -0.4 is 5.73 Å². The smallest absolute Gasteiger partial charge is 0.141 e. The van der Waals surface area contributed by atoms with E-state index < -0.39 is 0 Å². The molecule has 0 saturated carbocycles. The van der Waals surface area contributed by atoms with Gasteiger partial charge in [0.2, 0.25) is 0 Å². The number of rotatable bonds is 4. The molecule has 2 N–H and O–H groups in total. The molecule has 6 heteroatoms. The number of aromatic nitrogens is 2. The molecule has 0 saturated heterocycles. The molecule has 0 aliphatic carbocycles. The van der Waals surface area contributed by atoms with Gasteiger partial charge in [0.15, 0.2) is 0 Å². The molecule has 106 valence electrons. The van der Waals surface area contributed by atoms with Crippen LogP contribution in [0.4, 0.5) is 10.2 Å². The highest BCUT2D eigenvalue weighted by atomic mass is 127. The summed E-state index contributed by atoms with van der Waals surface area (Å²) >= 11 is 3.54. The van der Waals surface area contributed by atoms with Crippen LogP contribution in [-0.2, 0) is 5.75 Å². The van der Waals surface area contributed by atoms with Crippen molar-refractivity contribution in [2.45, 2.75) is 30.4 Å². The van der Waals surface area contributed by atoms with E-state index in [-0.39, 0.29) is 11.7 Å². The number of nitrogen functional groups attached to an aromatic ring is 1. The van der Waals surface area contributed by atoms with E-state index in [1.165, 1.54) is 17.8 Å². The molecule has 1 aromatic heterocycles. The fourth-order valence-electron chi connectivity index (χ4n) is 1.68. The average Bonchev–Trinajstić information content (AvgIpc) is 2.41. The molecule has 0 amide bonds. The lowest BCUT2D eigenvalue weighted by Gasteiger charge is -2.11. The normalized spacial score (nSPS) is 11.1. The van der Waals surface area contributed by atoms with Gasteiger partial charge in [-0.3, -0.25) is 0 Å². The summed E-state index contributed by atoms with van der Waals surface area (Å²) in [5, 5.41) is 0. The van der Waals surface area contributed by atoms with Crippen molar-refractivity contribution in [2.75, 3.05) is 5.73 Å². The molecule has 0 aliphatic heterocycles. The molecule has 20 heavy (non-hydrogen) atoms. The van der Waals surface area contributed by atoms with Crippen LogP contribution >= 0.6 is 34.4 Å². The first-order valence-electron chi connectivity index (χ1n) is 6.18. The minimum Gasteiger partial charge on any atom is -0.383 e. The SMILES string of the molecule is CC(C)c1nc(CSc2ccccc2F)nc(N)c1I. The molecule has 0 bridgehead atoms. The summed E-state index contributed by atoms with van der Waals surface area (Å²) in [6.07, 6.45) is 0. The lowest BCUT2D eigenvalue weighted by atomic mass is 10.1. The molecule has 0 radical (unpaired) electrons. The first-order chi connectivity index (χ1) is 9.49. The predicted molar refractivity (Wildman–Crippen MR) is 89.2 cm³/mol. The van der Waals surface area contributed by atoms with Crippen LogP contribution in [0.2, 0.25) is 0 Å². The molecular formula is C14H15FIN3S. The second-order valence-corrected chi connectivity index (χ2v) is 6.69. The van der Waals surface area contributed by atoms with Crippen molar-refractivity contribution < 1.29 is 4.39 Å². The molecule has 0 spiro atoms. The van der Waals surface area contributed by atoms with Crippen molar-refractivity contribution in [2.24, 2.45) is 0 Å². The van der Waals surface area contributed by atoms with Gasteiger partial charge < -0.3 is 5.73 Å². The Hall–Kier alpha value is -0.890. The number of hydrogen-bond donors (Lipinski definition) is 1. The standard InChI is InChI=1S/C14H15FIN3S/c1-8(2)13-12(16)14(17)19-11(18-13)7-20-10-6-4-3-5-9(10)15/h3-6,8H,7H2,1-2H3,(H2,17,18,19). The molecule has 2 rings (SSSR count). The lowest BCUT2D eigenvalue weighted by Crippen LogP contribution is -2.08. The molecule has 2 aromatic rings. The Bertz CT molecular complexity index is 619. The molecular weight excluding hydrogens is 388 g/mol. The Kier molecular flexibility index (Phi) is 5.20. The van der Waals surface area contributed by atoms with Crippen LogP contribution in [0.15, 0.2) is 29.2 Å². The van der Waals surface area contributed by atoms with Gasteiger partial charge in [0.05, 0.1) is 15.0 Å². The molecule has 3 nitrogen and oxygen atoms in total. The van der Waals surface area contributed by atoms with E-state index in [0.717, 1.165) is 9.26 Å². The number of halogens is 2. The molecule has 0 atom stereocenters.